The molecular weight excluding hydrogens is 338 g/mol. The average Bonchev–Trinajstić information content (AvgIpc) is 2.71. The van der Waals surface area contributed by atoms with Crippen molar-refractivity contribution in [2.24, 2.45) is 0 Å². The van der Waals surface area contributed by atoms with Crippen molar-refractivity contribution in [2.75, 3.05) is 19.8 Å². The van der Waals surface area contributed by atoms with Gasteiger partial charge in [0.25, 0.3) is 0 Å². The second-order valence-corrected chi connectivity index (χ2v) is 7.17. The Balaban J connectivity index is 1.57. The van der Waals surface area contributed by atoms with E-state index in [2.05, 4.69) is 36.1 Å². The van der Waals surface area contributed by atoms with Crippen molar-refractivity contribution in [3.8, 4) is 0 Å². The molecule has 27 heavy (non-hydrogen) atoms. The Bertz CT molecular complexity index is 649. The fraction of sp³-hybridized carbons (Fsp3) is 0.478. The molecule has 4 heteroatoms. The smallest absolute Gasteiger partial charge is 0.0934 e. The molecule has 4 nitrogen and oxygen atoms in total. The summed E-state index contributed by atoms with van der Waals surface area (Å²) >= 11 is 0. The van der Waals surface area contributed by atoms with Crippen LogP contribution in [0.25, 0.3) is 0 Å². The highest BCUT2D eigenvalue weighted by molar-refractivity contribution is 5.15. The van der Waals surface area contributed by atoms with E-state index in [0.29, 0.717) is 19.8 Å². The van der Waals surface area contributed by atoms with Gasteiger partial charge in [0.1, 0.15) is 0 Å². The Morgan fingerprint density at radius 3 is 2.11 bits per heavy atom. The third kappa shape index (κ3) is 5.39. The number of rotatable bonds is 11. The molecule has 0 spiro atoms. The van der Waals surface area contributed by atoms with Gasteiger partial charge in [0.15, 0.2) is 0 Å². The summed E-state index contributed by atoms with van der Waals surface area (Å²) < 4.78 is 12.2. The molecule has 2 aromatic rings. The number of ether oxygens (including phenoxy) is 2. The summed E-state index contributed by atoms with van der Waals surface area (Å²) in [5, 5.41) is 9.88. The van der Waals surface area contributed by atoms with Crippen LogP contribution in [0.15, 0.2) is 60.7 Å². The van der Waals surface area contributed by atoms with Crippen molar-refractivity contribution < 1.29 is 14.6 Å². The topological polar surface area (TPSA) is 41.9 Å². The van der Waals surface area contributed by atoms with Crippen LogP contribution in [-0.4, -0.2) is 48.0 Å². The fourth-order valence-corrected chi connectivity index (χ4v) is 3.71. The molecule has 0 unspecified atom stereocenters. The zero-order chi connectivity index (χ0) is 18.9. The molecule has 0 amide bonds. The Hall–Kier alpha value is -1.72. The van der Waals surface area contributed by atoms with Gasteiger partial charge >= 0.3 is 0 Å². The minimum Gasteiger partial charge on any atom is -0.395 e. The predicted molar refractivity (Wildman–Crippen MR) is 107 cm³/mol. The quantitative estimate of drug-likeness (QED) is 0.657. The Morgan fingerprint density at radius 2 is 1.52 bits per heavy atom. The van der Waals surface area contributed by atoms with Crippen LogP contribution in [0, 0.1) is 0 Å². The number of unbranched alkanes of at least 4 members (excludes halogenated alkanes) is 1. The van der Waals surface area contributed by atoms with E-state index in [1.165, 1.54) is 5.56 Å². The second kappa shape index (κ2) is 10.6. The van der Waals surface area contributed by atoms with Crippen molar-refractivity contribution >= 4 is 0 Å². The molecular formula is C23H31NO3. The summed E-state index contributed by atoms with van der Waals surface area (Å²) in [5.74, 6) is 0. The standard InChI is InChI=1S/C23H31NO3/c1-2-3-14-24-21(15-25)23(27-17-20-12-8-5-9-13-20)22(24)18-26-16-19-10-6-4-7-11-19/h4-13,21-23,25H,2-3,14-18H2,1H3/t21-,22-,23+/m1/s1. The van der Waals surface area contributed by atoms with Crippen LogP contribution in [0.2, 0.25) is 0 Å². The van der Waals surface area contributed by atoms with Gasteiger partial charge < -0.3 is 14.6 Å². The average molecular weight is 370 g/mol. The maximum absolute atomic E-state index is 9.88. The van der Waals surface area contributed by atoms with E-state index in [0.717, 1.165) is 24.9 Å². The lowest BCUT2D eigenvalue weighted by molar-refractivity contribution is -0.186. The van der Waals surface area contributed by atoms with Crippen LogP contribution < -0.4 is 0 Å². The molecule has 1 aliphatic rings. The van der Waals surface area contributed by atoms with Crippen LogP contribution in [0.3, 0.4) is 0 Å². The van der Waals surface area contributed by atoms with Gasteiger partial charge in [-0.25, -0.2) is 0 Å². The molecule has 1 heterocycles. The van der Waals surface area contributed by atoms with Crippen LogP contribution in [-0.2, 0) is 22.7 Å². The number of nitrogens with zero attached hydrogens (tertiary/aromatic N) is 1. The van der Waals surface area contributed by atoms with Crippen molar-refractivity contribution in [2.45, 2.75) is 51.2 Å². The zero-order valence-corrected chi connectivity index (χ0v) is 16.2. The number of likely N-dealkylation sites (tertiary alicyclic amines) is 1. The fourth-order valence-electron chi connectivity index (χ4n) is 3.71. The first-order valence-electron chi connectivity index (χ1n) is 9.97. The van der Waals surface area contributed by atoms with E-state index in [-0.39, 0.29) is 24.8 Å². The summed E-state index contributed by atoms with van der Waals surface area (Å²) in [4.78, 5) is 2.35. The Morgan fingerprint density at radius 1 is 0.889 bits per heavy atom. The highest BCUT2D eigenvalue weighted by atomic mass is 16.5. The normalized spacial score (nSPS) is 22.5. The van der Waals surface area contributed by atoms with Gasteiger partial charge in [-0.15, -0.1) is 0 Å². The summed E-state index contributed by atoms with van der Waals surface area (Å²) in [5.41, 5.74) is 2.34. The third-order valence-corrected chi connectivity index (χ3v) is 5.25. The van der Waals surface area contributed by atoms with Crippen LogP contribution in [0.4, 0.5) is 0 Å². The van der Waals surface area contributed by atoms with Gasteiger partial charge in [-0.3, -0.25) is 4.90 Å². The SMILES string of the molecule is CCCCN1[C@H](CO)[C@H](OCc2ccccc2)[C@H]1COCc1ccccc1. The van der Waals surface area contributed by atoms with E-state index >= 15 is 0 Å². The lowest BCUT2D eigenvalue weighted by Gasteiger charge is -2.54. The molecule has 1 saturated heterocycles. The van der Waals surface area contributed by atoms with E-state index in [1.807, 2.05) is 36.4 Å². The van der Waals surface area contributed by atoms with E-state index < -0.39 is 0 Å². The zero-order valence-electron chi connectivity index (χ0n) is 16.2. The lowest BCUT2D eigenvalue weighted by Crippen LogP contribution is -2.71. The molecule has 1 aliphatic heterocycles. The van der Waals surface area contributed by atoms with E-state index in [4.69, 9.17) is 9.47 Å². The maximum Gasteiger partial charge on any atom is 0.0934 e. The van der Waals surface area contributed by atoms with E-state index in [1.54, 1.807) is 0 Å². The summed E-state index contributed by atoms with van der Waals surface area (Å²) in [7, 11) is 0. The second-order valence-electron chi connectivity index (χ2n) is 7.17. The van der Waals surface area contributed by atoms with E-state index in [9.17, 15) is 5.11 Å². The third-order valence-electron chi connectivity index (χ3n) is 5.25. The number of benzene rings is 2. The minimum absolute atomic E-state index is 0.00263. The predicted octanol–water partition coefficient (Wildman–Crippen LogP) is 3.63. The van der Waals surface area contributed by atoms with Gasteiger partial charge in [-0.05, 0) is 24.1 Å². The molecule has 0 aromatic heterocycles. The maximum atomic E-state index is 9.88. The van der Waals surface area contributed by atoms with Crippen molar-refractivity contribution in [1.29, 1.82) is 0 Å². The minimum atomic E-state index is 0.00263. The molecule has 3 atom stereocenters. The van der Waals surface area contributed by atoms with Gasteiger partial charge in [-0.1, -0.05) is 74.0 Å². The number of aliphatic hydroxyl groups excluding tert-OH is 1. The molecule has 1 N–H and O–H groups in total. The molecule has 0 aliphatic carbocycles. The molecule has 2 aromatic carbocycles. The molecule has 3 rings (SSSR count). The Labute approximate surface area is 162 Å². The summed E-state index contributed by atoms with van der Waals surface area (Å²) in [6.45, 7) is 5.09. The summed E-state index contributed by atoms with van der Waals surface area (Å²) in [6, 6.07) is 20.7. The Kier molecular flexibility index (Phi) is 7.84. The van der Waals surface area contributed by atoms with Gasteiger partial charge in [0, 0.05) is 0 Å². The number of hydrogen-bond donors (Lipinski definition) is 1. The first kappa shape index (κ1) is 20.0. The first-order chi connectivity index (χ1) is 13.3. The molecule has 0 bridgehead atoms. The summed E-state index contributed by atoms with van der Waals surface area (Å²) in [6.07, 6.45) is 2.27. The molecule has 1 fully saturated rings. The van der Waals surface area contributed by atoms with Gasteiger partial charge in [0.2, 0.25) is 0 Å². The number of aliphatic hydroxyl groups is 1. The largest absolute Gasteiger partial charge is 0.395 e. The van der Waals surface area contributed by atoms with Crippen molar-refractivity contribution in [1.82, 2.24) is 4.90 Å². The van der Waals surface area contributed by atoms with Crippen LogP contribution in [0.5, 0.6) is 0 Å². The highest BCUT2D eigenvalue weighted by Crippen LogP contribution is 2.30. The van der Waals surface area contributed by atoms with Gasteiger partial charge in [-0.2, -0.15) is 0 Å². The van der Waals surface area contributed by atoms with Crippen LogP contribution >= 0.6 is 0 Å². The first-order valence-corrected chi connectivity index (χ1v) is 9.97. The number of hydrogen-bond acceptors (Lipinski definition) is 4. The van der Waals surface area contributed by atoms with Crippen molar-refractivity contribution in [3.63, 3.8) is 0 Å². The highest BCUT2D eigenvalue weighted by Gasteiger charge is 2.48. The molecule has 0 saturated carbocycles. The van der Waals surface area contributed by atoms with Gasteiger partial charge in [0.05, 0.1) is 44.6 Å². The monoisotopic (exact) mass is 369 g/mol. The molecule has 0 radical (unpaired) electrons. The van der Waals surface area contributed by atoms with Crippen LogP contribution in [0.1, 0.15) is 30.9 Å². The molecule has 146 valence electrons. The lowest BCUT2D eigenvalue weighted by atomic mass is 9.89. The van der Waals surface area contributed by atoms with Crippen molar-refractivity contribution in [3.05, 3.63) is 71.8 Å².